The highest BCUT2D eigenvalue weighted by Gasteiger charge is 2.32. The van der Waals surface area contributed by atoms with Gasteiger partial charge in [0, 0.05) is 7.05 Å². The van der Waals surface area contributed by atoms with Gasteiger partial charge in [-0.3, -0.25) is 4.79 Å². The number of hydrogen-bond acceptors (Lipinski definition) is 4. The van der Waals surface area contributed by atoms with Crippen LogP contribution < -0.4 is 0 Å². The number of carboxylic acids is 1. The molecule has 17 heavy (non-hydrogen) atoms. The van der Waals surface area contributed by atoms with E-state index in [4.69, 9.17) is 5.11 Å². The minimum absolute atomic E-state index is 0.131. The van der Waals surface area contributed by atoms with Crippen LogP contribution in [-0.4, -0.2) is 36.9 Å². The van der Waals surface area contributed by atoms with Crippen molar-refractivity contribution in [3.63, 3.8) is 0 Å². The number of sulfonamides is 1. The first kappa shape index (κ1) is 14.6. The van der Waals surface area contributed by atoms with E-state index < -0.39 is 22.0 Å². The first-order valence-electron chi connectivity index (χ1n) is 4.77. The van der Waals surface area contributed by atoms with Crippen LogP contribution in [-0.2, 0) is 14.8 Å². The summed E-state index contributed by atoms with van der Waals surface area (Å²) in [7, 11) is -2.45. The van der Waals surface area contributed by atoms with Gasteiger partial charge in [-0.15, -0.1) is 11.3 Å². The molecular weight excluding hydrogens is 330 g/mol. The molecule has 0 radical (unpaired) electrons. The van der Waals surface area contributed by atoms with Crippen molar-refractivity contribution >= 4 is 43.3 Å². The van der Waals surface area contributed by atoms with Crippen molar-refractivity contribution in [2.45, 2.75) is 23.6 Å². The first-order chi connectivity index (χ1) is 7.80. The summed E-state index contributed by atoms with van der Waals surface area (Å²) in [6.07, 6.45) is 0.220. The van der Waals surface area contributed by atoms with E-state index in [0.29, 0.717) is 3.79 Å². The van der Waals surface area contributed by atoms with Crippen molar-refractivity contribution < 1.29 is 18.3 Å². The largest absolute Gasteiger partial charge is 0.480 e. The van der Waals surface area contributed by atoms with Crippen LogP contribution in [0.3, 0.4) is 0 Å². The van der Waals surface area contributed by atoms with E-state index in [0.717, 1.165) is 15.6 Å². The fourth-order valence-corrected chi connectivity index (χ4v) is 4.92. The second-order valence-electron chi connectivity index (χ2n) is 3.34. The summed E-state index contributed by atoms with van der Waals surface area (Å²) >= 11 is 4.23. The molecular formula is C9H12BrNO4S2. The van der Waals surface area contributed by atoms with Gasteiger partial charge in [0.1, 0.15) is 10.3 Å². The number of halogens is 1. The summed E-state index contributed by atoms with van der Waals surface area (Å²) in [5.41, 5.74) is 0. The Morgan fingerprint density at radius 2 is 2.18 bits per heavy atom. The average molecular weight is 342 g/mol. The summed E-state index contributed by atoms with van der Waals surface area (Å²) in [5, 5.41) is 8.95. The second kappa shape index (κ2) is 5.47. The Balaban J connectivity index is 3.10. The van der Waals surface area contributed by atoms with E-state index in [1.807, 2.05) is 0 Å². The third kappa shape index (κ3) is 3.06. The summed E-state index contributed by atoms with van der Waals surface area (Å²) in [5.74, 6) is -1.14. The number of rotatable bonds is 5. The lowest BCUT2D eigenvalue weighted by Crippen LogP contribution is -2.41. The Kier molecular flexibility index (Phi) is 4.70. The lowest BCUT2D eigenvalue weighted by Gasteiger charge is -2.22. The standard InChI is InChI=1S/C9H12BrNO4S2/c1-3-6(9(12)13)11(2)17(14,15)8-5-4-7(10)16-8/h4-6H,3H2,1-2H3,(H,12,13). The Bertz CT molecular complexity index is 511. The molecule has 0 fully saturated rings. The Hall–Kier alpha value is -0.440. The van der Waals surface area contributed by atoms with Gasteiger partial charge in [0.2, 0.25) is 0 Å². The maximum absolute atomic E-state index is 12.1. The summed E-state index contributed by atoms with van der Waals surface area (Å²) < 4.78 is 25.9. The van der Waals surface area contributed by atoms with Gasteiger partial charge in [-0.25, -0.2) is 8.42 Å². The molecule has 1 N–H and O–H groups in total. The smallest absolute Gasteiger partial charge is 0.321 e. The van der Waals surface area contributed by atoms with Crippen LogP contribution in [0.25, 0.3) is 0 Å². The number of carboxylic acid groups (broad SMARTS) is 1. The molecule has 0 aliphatic rings. The van der Waals surface area contributed by atoms with Crippen molar-refractivity contribution in [1.82, 2.24) is 4.31 Å². The van der Waals surface area contributed by atoms with Crippen LogP contribution in [0, 0.1) is 0 Å². The maximum atomic E-state index is 12.1. The van der Waals surface area contributed by atoms with E-state index in [-0.39, 0.29) is 10.6 Å². The van der Waals surface area contributed by atoms with Gasteiger partial charge >= 0.3 is 5.97 Å². The number of nitrogens with zero attached hydrogens (tertiary/aromatic N) is 1. The quantitative estimate of drug-likeness (QED) is 0.888. The van der Waals surface area contributed by atoms with Gasteiger partial charge in [-0.2, -0.15) is 4.31 Å². The molecule has 0 aliphatic heterocycles. The Morgan fingerprint density at radius 1 is 1.59 bits per heavy atom. The van der Waals surface area contributed by atoms with Crippen LogP contribution in [0.2, 0.25) is 0 Å². The zero-order valence-electron chi connectivity index (χ0n) is 9.25. The van der Waals surface area contributed by atoms with Crippen molar-refractivity contribution in [3.05, 3.63) is 15.9 Å². The van der Waals surface area contributed by atoms with Crippen LogP contribution in [0.1, 0.15) is 13.3 Å². The topological polar surface area (TPSA) is 74.7 Å². The van der Waals surface area contributed by atoms with E-state index in [2.05, 4.69) is 15.9 Å². The van der Waals surface area contributed by atoms with Gasteiger partial charge in [-0.05, 0) is 34.5 Å². The van der Waals surface area contributed by atoms with Crippen LogP contribution >= 0.6 is 27.3 Å². The van der Waals surface area contributed by atoms with Gasteiger partial charge in [0.05, 0.1) is 3.79 Å². The zero-order chi connectivity index (χ0) is 13.2. The SMILES string of the molecule is CCC(C(=O)O)N(C)S(=O)(=O)c1ccc(Br)s1. The molecule has 0 amide bonds. The third-order valence-corrected chi connectivity index (χ3v) is 6.25. The number of carbonyl (C=O) groups is 1. The minimum atomic E-state index is -3.73. The summed E-state index contributed by atoms with van der Waals surface area (Å²) in [6.45, 7) is 1.63. The van der Waals surface area contributed by atoms with Crippen molar-refractivity contribution in [1.29, 1.82) is 0 Å². The van der Waals surface area contributed by atoms with E-state index in [1.165, 1.54) is 13.1 Å². The number of aliphatic carboxylic acids is 1. The van der Waals surface area contributed by atoms with Crippen molar-refractivity contribution in [2.24, 2.45) is 0 Å². The second-order valence-corrected chi connectivity index (χ2v) is 8.03. The molecule has 0 aliphatic carbocycles. The monoisotopic (exact) mass is 341 g/mol. The fourth-order valence-electron chi connectivity index (χ4n) is 1.33. The predicted octanol–water partition coefficient (Wildman–Crippen LogP) is 1.99. The van der Waals surface area contributed by atoms with Crippen molar-refractivity contribution in [3.8, 4) is 0 Å². The van der Waals surface area contributed by atoms with Gasteiger partial charge in [0.25, 0.3) is 10.0 Å². The van der Waals surface area contributed by atoms with Gasteiger partial charge < -0.3 is 5.11 Å². The van der Waals surface area contributed by atoms with Crippen LogP contribution in [0.4, 0.5) is 0 Å². The molecule has 8 heteroatoms. The molecule has 1 aromatic heterocycles. The minimum Gasteiger partial charge on any atom is -0.480 e. The lowest BCUT2D eigenvalue weighted by atomic mass is 10.2. The molecule has 5 nitrogen and oxygen atoms in total. The van der Waals surface area contributed by atoms with Crippen LogP contribution in [0.15, 0.2) is 20.1 Å². The molecule has 1 aromatic rings. The van der Waals surface area contributed by atoms with Crippen LogP contribution in [0.5, 0.6) is 0 Å². The lowest BCUT2D eigenvalue weighted by molar-refractivity contribution is -0.141. The molecule has 1 rings (SSSR count). The normalized spacial score (nSPS) is 13.9. The number of likely N-dealkylation sites (N-methyl/N-ethyl adjacent to an activating group) is 1. The highest BCUT2D eigenvalue weighted by molar-refractivity contribution is 9.11. The molecule has 0 saturated carbocycles. The molecule has 0 aromatic carbocycles. The molecule has 96 valence electrons. The zero-order valence-corrected chi connectivity index (χ0v) is 12.5. The van der Waals surface area contributed by atoms with Gasteiger partial charge in [0.15, 0.2) is 0 Å². The average Bonchev–Trinajstić information content (AvgIpc) is 2.65. The molecule has 0 saturated heterocycles. The third-order valence-electron chi connectivity index (χ3n) is 2.29. The first-order valence-corrected chi connectivity index (χ1v) is 7.81. The summed E-state index contributed by atoms with van der Waals surface area (Å²) in [6, 6.07) is 2.03. The highest BCUT2D eigenvalue weighted by atomic mass is 79.9. The molecule has 1 heterocycles. The molecule has 1 atom stereocenters. The van der Waals surface area contributed by atoms with Crippen molar-refractivity contribution in [2.75, 3.05) is 7.05 Å². The molecule has 0 bridgehead atoms. The summed E-state index contributed by atoms with van der Waals surface area (Å²) in [4.78, 5) is 10.9. The number of thiophene rings is 1. The van der Waals surface area contributed by atoms with E-state index >= 15 is 0 Å². The molecule has 1 unspecified atom stereocenters. The highest BCUT2D eigenvalue weighted by Crippen LogP contribution is 2.29. The number of hydrogen-bond donors (Lipinski definition) is 1. The Morgan fingerprint density at radius 3 is 2.53 bits per heavy atom. The fraction of sp³-hybridized carbons (Fsp3) is 0.444. The Labute approximate surface area is 112 Å². The molecule has 0 spiro atoms. The van der Waals surface area contributed by atoms with Gasteiger partial charge in [-0.1, -0.05) is 6.92 Å². The van der Waals surface area contributed by atoms with E-state index in [9.17, 15) is 13.2 Å². The van der Waals surface area contributed by atoms with E-state index in [1.54, 1.807) is 13.0 Å². The maximum Gasteiger partial charge on any atom is 0.321 e. The predicted molar refractivity (Wildman–Crippen MR) is 68.7 cm³/mol.